The Labute approximate surface area is 382 Å². The smallest absolute Gasteiger partial charge is 0.305 e. The third-order valence-corrected chi connectivity index (χ3v) is 9.21. The van der Waals surface area contributed by atoms with E-state index in [1.807, 2.05) is 0 Å². The zero-order valence-corrected chi connectivity index (χ0v) is 38.4. The summed E-state index contributed by atoms with van der Waals surface area (Å²) in [6, 6.07) is -1.56. The van der Waals surface area contributed by atoms with Crippen molar-refractivity contribution in [3.63, 3.8) is 0 Å². The van der Waals surface area contributed by atoms with Crippen LogP contribution < -0.4 is 5.32 Å². The predicted octanol–water partition coefficient (Wildman–Crippen LogP) is -1.72. The SMILES string of the molecule is CC(=O)NC1C(OC(C)=O)OC(COC(C)=O)C(OC2OC(COC3OC(COC(C)=O)C(OC(C)=O)C(OC(C)=O)C3OC(C)=O)C(OC(C)=O)C(OC(C)=O)C2OC(C)=O)C1OC(C)=O. The van der Waals surface area contributed by atoms with Crippen molar-refractivity contribution in [2.75, 3.05) is 19.8 Å². The van der Waals surface area contributed by atoms with Crippen LogP contribution in [0, 0.1) is 0 Å². The molecule has 15 unspecified atom stereocenters. The molecule has 67 heavy (non-hydrogen) atoms. The summed E-state index contributed by atoms with van der Waals surface area (Å²) in [5.74, 6) is -10.2. The van der Waals surface area contributed by atoms with Crippen LogP contribution in [0.3, 0.4) is 0 Å². The summed E-state index contributed by atoms with van der Waals surface area (Å²) in [7, 11) is 0. The topological polar surface area (TPSA) is 338 Å². The lowest BCUT2D eigenvalue weighted by Crippen LogP contribution is -2.69. The molecule has 1 N–H and O–H groups in total. The Bertz CT molecular complexity index is 1850. The molecule has 0 aromatic rings. The molecule has 3 saturated heterocycles. The van der Waals surface area contributed by atoms with Crippen LogP contribution in [-0.2, 0) is 124 Å². The number of amides is 1. The fourth-order valence-electron chi connectivity index (χ4n) is 7.15. The van der Waals surface area contributed by atoms with Gasteiger partial charge in [-0.2, -0.15) is 0 Å². The summed E-state index contributed by atoms with van der Waals surface area (Å²) in [5, 5.41) is 2.47. The van der Waals surface area contributed by atoms with Gasteiger partial charge in [0.1, 0.15) is 43.7 Å². The third kappa shape index (κ3) is 17.0. The van der Waals surface area contributed by atoms with Crippen molar-refractivity contribution >= 4 is 65.6 Å². The van der Waals surface area contributed by atoms with Crippen molar-refractivity contribution < 1.29 is 124 Å². The highest BCUT2D eigenvalue weighted by Gasteiger charge is 2.58. The molecule has 3 aliphatic heterocycles. The predicted molar refractivity (Wildman–Crippen MR) is 208 cm³/mol. The lowest BCUT2D eigenvalue weighted by molar-refractivity contribution is -0.357. The molecule has 1 amide bonds. The van der Waals surface area contributed by atoms with E-state index < -0.39 is 177 Å². The lowest BCUT2D eigenvalue weighted by atomic mass is 9.94. The fraction of sp³-hybridized carbons (Fsp3) is 0.725. The van der Waals surface area contributed by atoms with Crippen molar-refractivity contribution in [2.24, 2.45) is 0 Å². The number of hydrogen-bond donors (Lipinski definition) is 1. The quantitative estimate of drug-likeness (QED) is 0.118. The van der Waals surface area contributed by atoms with Crippen LogP contribution in [0.15, 0.2) is 0 Å². The van der Waals surface area contributed by atoms with Gasteiger partial charge in [-0.15, -0.1) is 0 Å². The molecule has 27 nitrogen and oxygen atoms in total. The Morgan fingerprint density at radius 1 is 0.343 bits per heavy atom. The summed E-state index contributed by atoms with van der Waals surface area (Å²) < 4.78 is 85.0. The molecule has 15 atom stereocenters. The van der Waals surface area contributed by atoms with Gasteiger partial charge in [0.25, 0.3) is 0 Å². The van der Waals surface area contributed by atoms with E-state index in [1.165, 1.54) is 0 Å². The molecule has 3 rings (SSSR count). The van der Waals surface area contributed by atoms with Crippen molar-refractivity contribution in [1.29, 1.82) is 0 Å². The first-order chi connectivity index (χ1) is 31.3. The lowest BCUT2D eigenvalue weighted by Gasteiger charge is -2.49. The Kier molecular flexibility index (Phi) is 20.8. The molecule has 3 aliphatic rings. The van der Waals surface area contributed by atoms with Gasteiger partial charge in [0.05, 0.1) is 6.61 Å². The number of esters is 10. The van der Waals surface area contributed by atoms with Crippen molar-refractivity contribution in [3.05, 3.63) is 0 Å². The highest BCUT2D eigenvalue weighted by Crippen LogP contribution is 2.36. The third-order valence-electron chi connectivity index (χ3n) is 9.21. The molecule has 0 aliphatic carbocycles. The van der Waals surface area contributed by atoms with Gasteiger partial charge in [-0.05, 0) is 0 Å². The van der Waals surface area contributed by atoms with E-state index >= 15 is 0 Å². The summed E-state index contributed by atoms with van der Waals surface area (Å²) >= 11 is 0. The number of carbonyl (C=O) groups is 11. The van der Waals surface area contributed by atoms with Crippen LogP contribution >= 0.6 is 0 Å². The Balaban J connectivity index is 2.25. The highest BCUT2D eigenvalue weighted by molar-refractivity contribution is 5.74. The van der Waals surface area contributed by atoms with Gasteiger partial charge in [0, 0.05) is 76.2 Å². The summed E-state index contributed by atoms with van der Waals surface area (Å²) in [6.07, 6.45) is -24.4. The van der Waals surface area contributed by atoms with E-state index in [9.17, 15) is 52.7 Å². The largest absolute Gasteiger partial charge is 0.463 e. The molecule has 0 aromatic carbocycles. The van der Waals surface area contributed by atoms with Crippen molar-refractivity contribution in [1.82, 2.24) is 5.32 Å². The van der Waals surface area contributed by atoms with E-state index in [0.29, 0.717) is 0 Å². The Morgan fingerprint density at radius 2 is 0.672 bits per heavy atom. The molecule has 0 radical (unpaired) electrons. The average molecular weight is 966 g/mol. The van der Waals surface area contributed by atoms with Gasteiger partial charge in [-0.3, -0.25) is 52.7 Å². The molecular weight excluding hydrogens is 910 g/mol. The van der Waals surface area contributed by atoms with Gasteiger partial charge >= 0.3 is 59.7 Å². The van der Waals surface area contributed by atoms with Gasteiger partial charge in [-0.1, -0.05) is 0 Å². The van der Waals surface area contributed by atoms with Crippen molar-refractivity contribution in [2.45, 2.75) is 168 Å². The average Bonchev–Trinajstić information content (AvgIpc) is 3.17. The van der Waals surface area contributed by atoms with Crippen LogP contribution in [0.25, 0.3) is 0 Å². The molecular formula is C40H55NO26. The van der Waals surface area contributed by atoms with E-state index in [-0.39, 0.29) is 0 Å². The van der Waals surface area contributed by atoms with Crippen molar-refractivity contribution in [3.8, 4) is 0 Å². The molecule has 0 bridgehead atoms. The van der Waals surface area contributed by atoms with Crippen LogP contribution in [0.2, 0.25) is 0 Å². The van der Waals surface area contributed by atoms with E-state index in [1.54, 1.807) is 0 Å². The molecule has 0 aromatic heterocycles. The zero-order chi connectivity index (χ0) is 50.4. The standard InChI is InChI=1S/C40H55NO26/c1-15(42)41-29-33(58-20(6)47)30(26(12-53-16(2)43)64-38(29)63-25(11)52)67-40-37(62-24(10)51)35(60-22(8)49)32(57-19(5)46)28(66-40)14-55-39-36(61-23(9)50)34(59-21(7)48)31(56-18(4)45)27(65-39)13-54-17(3)44/h26-40H,12-14H2,1-11H3,(H,41,42). The van der Waals surface area contributed by atoms with E-state index in [0.717, 1.165) is 76.2 Å². The number of carbonyl (C=O) groups excluding carboxylic acids is 11. The second-order valence-electron chi connectivity index (χ2n) is 15.0. The summed E-state index contributed by atoms with van der Waals surface area (Å²) in [5.41, 5.74) is 0. The second kappa shape index (κ2) is 25.2. The molecule has 3 heterocycles. The molecule has 27 heteroatoms. The van der Waals surface area contributed by atoms with Gasteiger partial charge in [0.15, 0.2) is 55.3 Å². The van der Waals surface area contributed by atoms with E-state index in [2.05, 4.69) is 5.32 Å². The van der Waals surface area contributed by atoms with Gasteiger partial charge in [-0.25, -0.2) is 0 Å². The number of ether oxygens (including phenoxy) is 15. The Morgan fingerprint density at radius 3 is 1.07 bits per heavy atom. The first kappa shape index (κ1) is 55.3. The number of nitrogens with one attached hydrogen (secondary N) is 1. The van der Waals surface area contributed by atoms with Gasteiger partial charge < -0.3 is 76.4 Å². The summed E-state index contributed by atoms with van der Waals surface area (Å²) in [4.78, 5) is 137. The maximum absolute atomic E-state index is 12.7. The van der Waals surface area contributed by atoms with Crippen LogP contribution in [0.4, 0.5) is 0 Å². The molecule has 376 valence electrons. The zero-order valence-electron chi connectivity index (χ0n) is 38.4. The normalized spacial score (nSPS) is 31.2. The fourth-order valence-corrected chi connectivity index (χ4v) is 7.15. The minimum Gasteiger partial charge on any atom is -0.463 e. The van der Waals surface area contributed by atoms with Gasteiger partial charge in [0.2, 0.25) is 12.2 Å². The van der Waals surface area contributed by atoms with E-state index in [4.69, 9.17) is 71.1 Å². The highest BCUT2D eigenvalue weighted by atomic mass is 16.8. The minimum absolute atomic E-state index is 0.637. The first-order valence-corrected chi connectivity index (χ1v) is 20.4. The maximum atomic E-state index is 12.7. The molecule has 3 fully saturated rings. The second-order valence-corrected chi connectivity index (χ2v) is 15.0. The number of rotatable bonds is 18. The van der Waals surface area contributed by atoms with Crippen LogP contribution in [-0.4, -0.2) is 177 Å². The van der Waals surface area contributed by atoms with Crippen LogP contribution in [0.1, 0.15) is 76.2 Å². The maximum Gasteiger partial charge on any atom is 0.305 e. The molecule has 0 spiro atoms. The summed E-state index contributed by atoms with van der Waals surface area (Å²) in [6.45, 7) is 8.84. The Hall–Kier alpha value is -6.03. The molecule has 0 saturated carbocycles. The van der Waals surface area contributed by atoms with Crippen LogP contribution in [0.5, 0.6) is 0 Å². The number of hydrogen-bond acceptors (Lipinski definition) is 26. The minimum atomic E-state index is -2.03. The first-order valence-electron chi connectivity index (χ1n) is 20.4. The monoisotopic (exact) mass is 965 g/mol.